The number of methoxy groups -OCH3 is 1. The highest BCUT2D eigenvalue weighted by atomic mass is 16.5. The van der Waals surface area contributed by atoms with E-state index >= 15 is 0 Å². The van der Waals surface area contributed by atoms with Crippen molar-refractivity contribution < 1.29 is 4.74 Å². The zero-order valence-electron chi connectivity index (χ0n) is 11.1. The Morgan fingerprint density at radius 2 is 2.22 bits per heavy atom. The first-order valence-electron chi connectivity index (χ1n) is 5.98. The smallest absolute Gasteiger partial charge is 0.121 e. The summed E-state index contributed by atoms with van der Waals surface area (Å²) in [4.78, 5) is 4.30. The predicted octanol–water partition coefficient (Wildman–Crippen LogP) is 1.98. The summed E-state index contributed by atoms with van der Waals surface area (Å²) >= 11 is 0. The van der Waals surface area contributed by atoms with Crippen molar-refractivity contribution in [2.45, 2.75) is 19.4 Å². The van der Waals surface area contributed by atoms with Crippen molar-refractivity contribution in [3.8, 4) is 5.75 Å². The van der Waals surface area contributed by atoms with Crippen LogP contribution in [0.15, 0.2) is 30.6 Å². The van der Waals surface area contributed by atoms with E-state index in [1.165, 1.54) is 0 Å². The van der Waals surface area contributed by atoms with E-state index in [4.69, 9.17) is 10.5 Å². The number of aryl methyl sites for hydroxylation is 2. The fourth-order valence-corrected chi connectivity index (χ4v) is 2.04. The molecule has 1 heterocycles. The second-order valence-electron chi connectivity index (χ2n) is 4.49. The summed E-state index contributed by atoms with van der Waals surface area (Å²) in [6.45, 7) is 2.02. The topological polar surface area (TPSA) is 53.1 Å². The number of imidazole rings is 1. The quantitative estimate of drug-likeness (QED) is 0.896. The lowest BCUT2D eigenvalue weighted by atomic mass is 10.0. The minimum Gasteiger partial charge on any atom is -0.496 e. The van der Waals surface area contributed by atoms with Gasteiger partial charge < -0.3 is 15.0 Å². The van der Waals surface area contributed by atoms with Crippen LogP contribution < -0.4 is 10.5 Å². The zero-order valence-corrected chi connectivity index (χ0v) is 11.1. The summed E-state index contributed by atoms with van der Waals surface area (Å²) in [6, 6.07) is 6.00. The molecule has 2 rings (SSSR count). The molecule has 0 aliphatic carbocycles. The molecule has 2 N–H and O–H groups in total. The van der Waals surface area contributed by atoms with E-state index < -0.39 is 0 Å². The molecule has 0 fully saturated rings. The van der Waals surface area contributed by atoms with Gasteiger partial charge in [-0.05, 0) is 24.1 Å². The van der Waals surface area contributed by atoms with Gasteiger partial charge in [0.1, 0.15) is 11.6 Å². The Bertz CT molecular complexity index is 534. The van der Waals surface area contributed by atoms with Crippen molar-refractivity contribution in [1.29, 1.82) is 0 Å². The van der Waals surface area contributed by atoms with E-state index in [1.54, 1.807) is 13.3 Å². The van der Waals surface area contributed by atoms with Crippen LogP contribution in [-0.4, -0.2) is 16.7 Å². The second kappa shape index (κ2) is 5.23. The molecule has 18 heavy (non-hydrogen) atoms. The Morgan fingerprint density at radius 1 is 1.44 bits per heavy atom. The minimum absolute atomic E-state index is 0.0456. The molecule has 0 bridgehead atoms. The maximum Gasteiger partial charge on any atom is 0.121 e. The molecule has 0 saturated heterocycles. The first-order chi connectivity index (χ1) is 8.61. The van der Waals surface area contributed by atoms with Crippen molar-refractivity contribution in [2.24, 2.45) is 12.8 Å². The highest BCUT2D eigenvalue weighted by Crippen LogP contribution is 2.23. The lowest BCUT2D eigenvalue weighted by molar-refractivity contribution is 0.411. The Labute approximate surface area is 107 Å². The summed E-state index contributed by atoms with van der Waals surface area (Å²) in [5, 5.41) is 0. The van der Waals surface area contributed by atoms with Crippen molar-refractivity contribution in [3.63, 3.8) is 0 Å². The van der Waals surface area contributed by atoms with Gasteiger partial charge in [-0.2, -0.15) is 0 Å². The van der Waals surface area contributed by atoms with Crippen molar-refractivity contribution in [2.75, 3.05) is 7.11 Å². The van der Waals surface area contributed by atoms with Gasteiger partial charge in [-0.3, -0.25) is 0 Å². The van der Waals surface area contributed by atoms with Crippen LogP contribution in [0.25, 0.3) is 0 Å². The Morgan fingerprint density at radius 3 is 2.78 bits per heavy atom. The number of ether oxygens (including phenoxy) is 1. The molecule has 0 aliphatic heterocycles. The van der Waals surface area contributed by atoms with E-state index in [9.17, 15) is 0 Å². The van der Waals surface area contributed by atoms with Gasteiger partial charge in [0, 0.05) is 31.9 Å². The van der Waals surface area contributed by atoms with Crippen LogP contribution >= 0.6 is 0 Å². The summed E-state index contributed by atoms with van der Waals surface area (Å²) < 4.78 is 7.24. The lowest BCUT2D eigenvalue weighted by Gasteiger charge is -2.14. The second-order valence-corrected chi connectivity index (χ2v) is 4.49. The van der Waals surface area contributed by atoms with E-state index in [0.29, 0.717) is 0 Å². The van der Waals surface area contributed by atoms with E-state index in [2.05, 4.69) is 11.1 Å². The van der Waals surface area contributed by atoms with E-state index in [0.717, 1.165) is 29.1 Å². The molecule has 1 atom stereocenters. The van der Waals surface area contributed by atoms with Gasteiger partial charge in [-0.1, -0.05) is 12.1 Å². The summed E-state index contributed by atoms with van der Waals surface area (Å²) in [5.41, 5.74) is 8.43. The molecule has 1 aromatic heterocycles. The Hall–Kier alpha value is -1.81. The average Bonchev–Trinajstić information content (AvgIpc) is 2.75. The fraction of sp³-hybridized carbons (Fsp3) is 0.357. The van der Waals surface area contributed by atoms with Gasteiger partial charge >= 0.3 is 0 Å². The van der Waals surface area contributed by atoms with Gasteiger partial charge in [0.05, 0.1) is 7.11 Å². The summed E-state index contributed by atoms with van der Waals surface area (Å²) in [6.07, 6.45) is 4.46. The van der Waals surface area contributed by atoms with Gasteiger partial charge in [0.25, 0.3) is 0 Å². The van der Waals surface area contributed by atoms with Gasteiger partial charge in [0.2, 0.25) is 0 Å². The maximum atomic E-state index is 6.22. The number of hydrogen-bond donors (Lipinski definition) is 1. The van der Waals surface area contributed by atoms with Gasteiger partial charge in [-0.15, -0.1) is 0 Å². The summed E-state index contributed by atoms with van der Waals surface area (Å²) in [7, 11) is 3.66. The maximum absolute atomic E-state index is 6.22. The number of rotatable bonds is 4. The molecule has 0 amide bonds. The zero-order chi connectivity index (χ0) is 13.1. The molecule has 4 nitrogen and oxygen atoms in total. The van der Waals surface area contributed by atoms with Crippen LogP contribution in [0, 0.1) is 6.92 Å². The van der Waals surface area contributed by atoms with Gasteiger partial charge in [-0.25, -0.2) is 4.98 Å². The number of aromatic nitrogens is 2. The van der Waals surface area contributed by atoms with Crippen molar-refractivity contribution >= 4 is 0 Å². The largest absolute Gasteiger partial charge is 0.496 e. The number of nitrogens with zero attached hydrogens (tertiary/aromatic N) is 2. The van der Waals surface area contributed by atoms with Crippen LogP contribution in [0.2, 0.25) is 0 Å². The number of nitrogens with two attached hydrogens (primary N) is 1. The molecule has 0 aliphatic rings. The Balaban J connectivity index is 2.16. The van der Waals surface area contributed by atoms with E-state index in [1.807, 2.05) is 36.9 Å². The standard InChI is InChI=1S/C14H19N3O/c1-10-8-11(4-5-13(10)18-3)12(15)9-14-16-6-7-17(14)2/h4-8,12H,9,15H2,1-3H3. The lowest BCUT2D eigenvalue weighted by Crippen LogP contribution is -2.16. The molecule has 2 aromatic rings. The highest BCUT2D eigenvalue weighted by Gasteiger charge is 2.11. The third-order valence-electron chi connectivity index (χ3n) is 3.17. The molecule has 1 aromatic carbocycles. The number of benzene rings is 1. The fourth-order valence-electron chi connectivity index (χ4n) is 2.04. The van der Waals surface area contributed by atoms with Crippen LogP contribution in [0.5, 0.6) is 5.75 Å². The van der Waals surface area contributed by atoms with E-state index in [-0.39, 0.29) is 6.04 Å². The third-order valence-corrected chi connectivity index (χ3v) is 3.17. The van der Waals surface area contributed by atoms with Crippen LogP contribution in [-0.2, 0) is 13.5 Å². The van der Waals surface area contributed by atoms with Crippen LogP contribution in [0.3, 0.4) is 0 Å². The first kappa shape index (κ1) is 12.6. The number of hydrogen-bond acceptors (Lipinski definition) is 3. The van der Waals surface area contributed by atoms with Crippen LogP contribution in [0.4, 0.5) is 0 Å². The van der Waals surface area contributed by atoms with Crippen molar-refractivity contribution in [3.05, 3.63) is 47.5 Å². The van der Waals surface area contributed by atoms with Gasteiger partial charge in [0.15, 0.2) is 0 Å². The molecular weight excluding hydrogens is 226 g/mol. The molecule has 1 unspecified atom stereocenters. The SMILES string of the molecule is COc1ccc(C(N)Cc2nccn2C)cc1C. The van der Waals surface area contributed by atoms with Crippen molar-refractivity contribution in [1.82, 2.24) is 9.55 Å². The third kappa shape index (κ3) is 2.54. The van der Waals surface area contributed by atoms with Crippen LogP contribution in [0.1, 0.15) is 23.0 Å². The molecule has 4 heteroatoms. The minimum atomic E-state index is -0.0456. The average molecular weight is 245 g/mol. The normalized spacial score (nSPS) is 12.4. The molecule has 0 saturated carbocycles. The Kier molecular flexibility index (Phi) is 3.67. The summed E-state index contributed by atoms with van der Waals surface area (Å²) in [5.74, 6) is 1.89. The predicted molar refractivity (Wildman–Crippen MR) is 71.6 cm³/mol. The molecule has 0 radical (unpaired) electrons. The molecule has 0 spiro atoms. The molecule has 96 valence electrons. The first-order valence-corrected chi connectivity index (χ1v) is 5.98. The monoisotopic (exact) mass is 245 g/mol. The molecular formula is C14H19N3O. The highest BCUT2D eigenvalue weighted by molar-refractivity contribution is 5.37.